The topological polar surface area (TPSA) is 51.4 Å². The summed E-state index contributed by atoms with van der Waals surface area (Å²) in [6.07, 6.45) is 2.57. The van der Waals surface area contributed by atoms with E-state index >= 15 is 0 Å². The van der Waals surface area contributed by atoms with Gasteiger partial charge < -0.3 is 9.15 Å². The van der Waals surface area contributed by atoms with Crippen molar-refractivity contribution in [3.63, 3.8) is 0 Å². The second kappa shape index (κ2) is 8.12. The van der Waals surface area contributed by atoms with Crippen LogP contribution in [0.4, 0.5) is 0 Å². The summed E-state index contributed by atoms with van der Waals surface area (Å²) in [7, 11) is 0. The molecule has 3 heterocycles. The van der Waals surface area contributed by atoms with Gasteiger partial charge in [0.1, 0.15) is 0 Å². The smallest absolute Gasteiger partial charge is 0.247 e. The van der Waals surface area contributed by atoms with E-state index in [0.717, 1.165) is 38.1 Å². The largest absolute Gasteiger partial charge is 0.419 e. The van der Waals surface area contributed by atoms with E-state index in [9.17, 15) is 0 Å². The van der Waals surface area contributed by atoms with Gasteiger partial charge in [-0.05, 0) is 43.3 Å². The first kappa shape index (κ1) is 17.4. The van der Waals surface area contributed by atoms with Crippen molar-refractivity contribution in [3.05, 3.63) is 58.1 Å². The molecule has 6 heteroatoms. The van der Waals surface area contributed by atoms with Crippen molar-refractivity contribution in [2.45, 2.75) is 39.0 Å². The zero-order valence-electron chi connectivity index (χ0n) is 14.9. The summed E-state index contributed by atoms with van der Waals surface area (Å²) in [5, 5.41) is 10.6. The molecule has 0 N–H and O–H groups in total. The maximum Gasteiger partial charge on any atom is 0.247 e. The summed E-state index contributed by atoms with van der Waals surface area (Å²) in [6, 6.07) is 12.4. The first-order valence-corrected chi connectivity index (χ1v) is 9.90. The molecule has 4 rings (SSSR count). The molecule has 1 atom stereocenters. The molecular formula is C20H23N3O2S. The number of benzene rings is 1. The number of ether oxygens (including phenoxy) is 1. The number of nitrogens with zero attached hydrogens (tertiary/aromatic N) is 3. The molecule has 0 saturated carbocycles. The maximum atomic E-state index is 5.94. The number of hydrogen-bond donors (Lipinski definition) is 0. The first-order valence-electron chi connectivity index (χ1n) is 9.02. The van der Waals surface area contributed by atoms with Crippen molar-refractivity contribution in [2.75, 3.05) is 13.2 Å². The molecule has 0 unspecified atom stereocenters. The molecule has 1 aliphatic heterocycles. The van der Waals surface area contributed by atoms with Crippen LogP contribution in [-0.4, -0.2) is 34.4 Å². The van der Waals surface area contributed by atoms with Crippen LogP contribution in [-0.2, 0) is 17.8 Å². The molecule has 1 aliphatic rings. The van der Waals surface area contributed by atoms with Crippen molar-refractivity contribution >= 4 is 11.3 Å². The predicted octanol–water partition coefficient (Wildman–Crippen LogP) is 4.29. The number of aryl methyl sites for hydroxylation is 1. The second-order valence-electron chi connectivity index (χ2n) is 6.75. The van der Waals surface area contributed by atoms with Crippen molar-refractivity contribution < 1.29 is 9.15 Å². The summed E-state index contributed by atoms with van der Waals surface area (Å²) in [4.78, 5) is 3.68. The standard InChI is InChI=1S/C20H23N3O2S/c1-15-5-2-6-16(11-15)20-22-21-19(25-20)14-23(12-17-7-3-9-24-17)13-18-8-4-10-26-18/h2,4-6,8,10-11,17H,3,7,9,12-14H2,1H3/t17-/m1/s1. The molecule has 26 heavy (non-hydrogen) atoms. The lowest BCUT2D eigenvalue weighted by Gasteiger charge is -2.23. The van der Waals surface area contributed by atoms with Crippen LogP contribution in [0, 0.1) is 6.92 Å². The Labute approximate surface area is 157 Å². The Morgan fingerprint density at radius 1 is 1.19 bits per heavy atom. The lowest BCUT2D eigenvalue weighted by molar-refractivity contribution is 0.0653. The fraction of sp³-hybridized carbons (Fsp3) is 0.400. The molecule has 0 spiro atoms. The Hall–Kier alpha value is -2.02. The quantitative estimate of drug-likeness (QED) is 0.622. The molecule has 2 aromatic heterocycles. The SMILES string of the molecule is Cc1cccc(-c2nnc(CN(Cc3cccs3)C[C@H]3CCCO3)o2)c1. The van der Waals surface area contributed by atoms with E-state index in [0.29, 0.717) is 24.4 Å². The van der Waals surface area contributed by atoms with Gasteiger partial charge in [-0.2, -0.15) is 0 Å². The van der Waals surface area contributed by atoms with E-state index in [1.54, 1.807) is 11.3 Å². The average Bonchev–Trinajstić information content (AvgIpc) is 3.37. The highest BCUT2D eigenvalue weighted by atomic mass is 32.1. The van der Waals surface area contributed by atoms with Gasteiger partial charge in [0.05, 0.1) is 12.6 Å². The monoisotopic (exact) mass is 369 g/mol. The number of rotatable bonds is 7. The van der Waals surface area contributed by atoms with Gasteiger partial charge in [-0.3, -0.25) is 4.90 Å². The van der Waals surface area contributed by atoms with Gasteiger partial charge in [0.25, 0.3) is 0 Å². The van der Waals surface area contributed by atoms with Gasteiger partial charge in [-0.25, -0.2) is 0 Å². The van der Waals surface area contributed by atoms with Crippen LogP contribution in [0.2, 0.25) is 0 Å². The summed E-state index contributed by atoms with van der Waals surface area (Å²) in [6.45, 7) is 5.33. The van der Waals surface area contributed by atoms with E-state index in [1.807, 2.05) is 12.1 Å². The highest BCUT2D eigenvalue weighted by molar-refractivity contribution is 7.09. The lowest BCUT2D eigenvalue weighted by Crippen LogP contribution is -2.31. The van der Waals surface area contributed by atoms with Gasteiger partial charge in [0.2, 0.25) is 11.8 Å². The predicted molar refractivity (Wildman–Crippen MR) is 102 cm³/mol. The number of aromatic nitrogens is 2. The van der Waals surface area contributed by atoms with Crippen LogP contribution in [0.25, 0.3) is 11.5 Å². The second-order valence-corrected chi connectivity index (χ2v) is 7.79. The third-order valence-corrected chi connectivity index (χ3v) is 5.40. The average molecular weight is 369 g/mol. The molecule has 0 aliphatic carbocycles. The number of thiophene rings is 1. The van der Waals surface area contributed by atoms with Crippen molar-refractivity contribution in [1.29, 1.82) is 0 Å². The number of hydrogen-bond acceptors (Lipinski definition) is 6. The third kappa shape index (κ3) is 4.38. The molecule has 3 aromatic rings. The van der Waals surface area contributed by atoms with Crippen LogP contribution in [0.1, 0.15) is 29.2 Å². The summed E-state index contributed by atoms with van der Waals surface area (Å²) < 4.78 is 11.8. The van der Waals surface area contributed by atoms with Gasteiger partial charge in [0, 0.05) is 30.1 Å². The zero-order valence-corrected chi connectivity index (χ0v) is 15.7. The van der Waals surface area contributed by atoms with Crippen LogP contribution in [0.15, 0.2) is 46.2 Å². The Balaban J connectivity index is 1.47. The van der Waals surface area contributed by atoms with Crippen molar-refractivity contribution in [1.82, 2.24) is 15.1 Å². The molecular weight excluding hydrogens is 346 g/mol. The van der Waals surface area contributed by atoms with E-state index < -0.39 is 0 Å². The molecule has 0 bridgehead atoms. The zero-order chi connectivity index (χ0) is 17.8. The summed E-state index contributed by atoms with van der Waals surface area (Å²) in [5.74, 6) is 1.23. The van der Waals surface area contributed by atoms with E-state index in [1.165, 1.54) is 10.4 Å². The fourth-order valence-corrected chi connectivity index (χ4v) is 4.03. The van der Waals surface area contributed by atoms with E-state index in [4.69, 9.17) is 9.15 Å². The summed E-state index contributed by atoms with van der Waals surface area (Å²) in [5.41, 5.74) is 2.15. The van der Waals surface area contributed by atoms with Gasteiger partial charge in [-0.15, -0.1) is 21.5 Å². The van der Waals surface area contributed by atoms with E-state index in [-0.39, 0.29) is 0 Å². The third-order valence-electron chi connectivity index (χ3n) is 4.54. The normalized spacial score (nSPS) is 17.2. The fourth-order valence-electron chi connectivity index (χ4n) is 3.29. The minimum atomic E-state index is 0.300. The van der Waals surface area contributed by atoms with Crippen LogP contribution in [0.3, 0.4) is 0 Å². The molecule has 5 nitrogen and oxygen atoms in total. The molecule has 0 amide bonds. The Bertz CT molecular complexity index is 825. The maximum absolute atomic E-state index is 5.94. The Kier molecular flexibility index (Phi) is 5.43. The van der Waals surface area contributed by atoms with Gasteiger partial charge in [-0.1, -0.05) is 23.8 Å². The Morgan fingerprint density at radius 3 is 2.92 bits per heavy atom. The Morgan fingerprint density at radius 2 is 2.15 bits per heavy atom. The lowest BCUT2D eigenvalue weighted by atomic mass is 10.1. The molecule has 136 valence electrons. The minimum Gasteiger partial charge on any atom is -0.419 e. The van der Waals surface area contributed by atoms with Crippen molar-refractivity contribution in [3.8, 4) is 11.5 Å². The molecule has 0 radical (unpaired) electrons. The molecule has 1 fully saturated rings. The van der Waals surface area contributed by atoms with Crippen LogP contribution < -0.4 is 0 Å². The summed E-state index contributed by atoms with van der Waals surface area (Å²) >= 11 is 1.77. The van der Waals surface area contributed by atoms with Crippen LogP contribution >= 0.6 is 11.3 Å². The van der Waals surface area contributed by atoms with Crippen molar-refractivity contribution in [2.24, 2.45) is 0 Å². The van der Waals surface area contributed by atoms with Crippen LogP contribution in [0.5, 0.6) is 0 Å². The highest BCUT2D eigenvalue weighted by Gasteiger charge is 2.21. The van der Waals surface area contributed by atoms with Gasteiger partial charge in [0.15, 0.2) is 0 Å². The minimum absolute atomic E-state index is 0.300. The first-order chi connectivity index (χ1) is 12.8. The van der Waals surface area contributed by atoms with Gasteiger partial charge >= 0.3 is 0 Å². The molecule has 1 aromatic carbocycles. The van der Waals surface area contributed by atoms with E-state index in [2.05, 4.69) is 51.7 Å². The molecule has 1 saturated heterocycles. The highest BCUT2D eigenvalue weighted by Crippen LogP contribution is 2.22.